The number of piperidine rings is 1. The molecule has 10 heteroatoms. The van der Waals surface area contributed by atoms with Crippen molar-refractivity contribution >= 4 is 54.2 Å². The fourth-order valence-corrected chi connectivity index (χ4v) is 5.71. The highest BCUT2D eigenvalue weighted by Gasteiger charge is 2.40. The van der Waals surface area contributed by atoms with Gasteiger partial charge in [0.1, 0.15) is 0 Å². The molecule has 2 saturated heterocycles. The Morgan fingerprint density at radius 2 is 1.89 bits per heavy atom. The van der Waals surface area contributed by atoms with Crippen LogP contribution in [0.3, 0.4) is 0 Å². The van der Waals surface area contributed by atoms with Crippen LogP contribution in [0.2, 0.25) is 10.0 Å². The van der Waals surface area contributed by atoms with Crippen LogP contribution in [0.15, 0.2) is 36.4 Å². The molecule has 7 nitrogen and oxygen atoms in total. The fraction of sp³-hybridized carbons (Fsp3) is 0.440. The molecule has 0 spiro atoms. The van der Waals surface area contributed by atoms with Crippen molar-refractivity contribution in [2.75, 3.05) is 31.5 Å². The number of carbonyl (C=O) groups excluding carboxylic acids is 2. The maximum absolute atomic E-state index is 13.0. The van der Waals surface area contributed by atoms with Crippen LogP contribution in [0.4, 0.5) is 5.69 Å². The second-order valence-corrected chi connectivity index (χ2v) is 10.4. The third kappa shape index (κ3) is 5.13. The summed E-state index contributed by atoms with van der Waals surface area (Å²) in [5.41, 5.74) is 1.37. The van der Waals surface area contributed by atoms with Crippen LogP contribution >= 0.6 is 36.7 Å². The van der Waals surface area contributed by atoms with E-state index >= 15 is 0 Å². The van der Waals surface area contributed by atoms with E-state index in [4.69, 9.17) is 23.2 Å². The molecular weight excluding hydrogens is 507 g/mol. The lowest BCUT2D eigenvalue weighted by Crippen LogP contribution is -2.61. The highest BCUT2D eigenvalue weighted by Crippen LogP contribution is 2.32. The summed E-state index contributed by atoms with van der Waals surface area (Å²) in [7, 11) is 0. The van der Waals surface area contributed by atoms with Gasteiger partial charge in [-0.2, -0.15) is 13.5 Å². The van der Waals surface area contributed by atoms with Crippen molar-refractivity contribution in [2.24, 2.45) is 0 Å². The third-order valence-electron chi connectivity index (χ3n) is 7.19. The van der Waals surface area contributed by atoms with Crippen molar-refractivity contribution in [3.8, 4) is 0 Å². The topological polar surface area (TPSA) is 84.9 Å². The monoisotopic (exact) mass is 536 g/mol. The lowest BCUT2D eigenvalue weighted by atomic mass is 9.92. The van der Waals surface area contributed by atoms with Gasteiger partial charge in [0.25, 0.3) is 11.8 Å². The summed E-state index contributed by atoms with van der Waals surface area (Å²) in [4.78, 5) is 29.1. The molecule has 2 amide bonds. The van der Waals surface area contributed by atoms with Gasteiger partial charge in [0.15, 0.2) is 5.60 Å². The fourth-order valence-electron chi connectivity index (χ4n) is 5.20. The van der Waals surface area contributed by atoms with Gasteiger partial charge >= 0.3 is 0 Å². The van der Waals surface area contributed by atoms with E-state index in [0.717, 1.165) is 37.2 Å². The van der Waals surface area contributed by atoms with Crippen molar-refractivity contribution in [3.05, 3.63) is 63.1 Å². The highest BCUT2D eigenvalue weighted by molar-refractivity contribution is 7.59. The molecule has 0 unspecified atom stereocenters. The van der Waals surface area contributed by atoms with Crippen molar-refractivity contribution in [3.63, 3.8) is 0 Å². The molecule has 0 aliphatic carbocycles. The van der Waals surface area contributed by atoms with Gasteiger partial charge in [0.2, 0.25) is 0 Å². The van der Waals surface area contributed by atoms with Crippen molar-refractivity contribution in [1.82, 2.24) is 15.1 Å². The molecule has 2 fully saturated rings. The summed E-state index contributed by atoms with van der Waals surface area (Å²) in [5, 5.41) is 18.2. The van der Waals surface area contributed by atoms with Gasteiger partial charge in [-0.25, -0.2) is 0 Å². The Kier molecular flexibility index (Phi) is 7.60. The number of amides is 2. The third-order valence-corrected chi connectivity index (χ3v) is 7.72. The average molecular weight is 538 g/mol. The number of benzene rings is 2. The Labute approximate surface area is 222 Å². The Bertz CT molecular complexity index is 1130. The summed E-state index contributed by atoms with van der Waals surface area (Å²) in [6.07, 6.45) is 1.76. The number of halogens is 2. The number of aliphatic hydroxyl groups is 1. The molecule has 5 rings (SSSR count). The summed E-state index contributed by atoms with van der Waals surface area (Å²) in [6, 6.07) is 11.4. The number of carbonyl (C=O) groups is 2. The van der Waals surface area contributed by atoms with Crippen LogP contribution in [-0.4, -0.2) is 65.0 Å². The zero-order valence-electron chi connectivity index (χ0n) is 19.5. The normalized spacial score (nSPS) is 20.3. The number of hydrogen-bond acceptors (Lipinski definition) is 5. The average Bonchev–Trinajstić information content (AvgIpc) is 3.16. The Morgan fingerprint density at radius 1 is 1.17 bits per heavy atom. The van der Waals surface area contributed by atoms with Gasteiger partial charge in [-0.05, 0) is 55.2 Å². The van der Waals surface area contributed by atoms with Crippen LogP contribution in [0.25, 0.3) is 0 Å². The first kappa shape index (κ1) is 26.1. The van der Waals surface area contributed by atoms with E-state index in [9.17, 15) is 14.7 Å². The summed E-state index contributed by atoms with van der Waals surface area (Å²) >= 11 is 12.4. The maximum atomic E-state index is 13.0. The first-order valence-electron chi connectivity index (χ1n) is 11.6. The predicted molar refractivity (Wildman–Crippen MR) is 143 cm³/mol. The van der Waals surface area contributed by atoms with E-state index in [1.807, 2.05) is 12.1 Å². The van der Waals surface area contributed by atoms with Gasteiger partial charge in [-0.3, -0.25) is 14.5 Å². The second-order valence-electron chi connectivity index (χ2n) is 9.58. The van der Waals surface area contributed by atoms with Gasteiger partial charge in [-0.15, -0.1) is 0 Å². The zero-order valence-corrected chi connectivity index (χ0v) is 22.0. The van der Waals surface area contributed by atoms with Crippen LogP contribution < -0.4 is 10.6 Å². The summed E-state index contributed by atoms with van der Waals surface area (Å²) in [5.74, 6) is -0.391. The molecule has 3 aliphatic heterocycles. The van der Waals surface area contributed by atoms with Crippen LogP contribution in [0.1, 0.15) is 41.3 Å². The summed E-state index contributed by atoms with van der Waals surface area (Å²) in [6.45, 7) is 5.14. The molecule has 35 heavy (non-hydrogen) atoms. The van der Waals surface area contributed by atoms with E-state index in [2.05, 4.69) is 15.5 Å². The van der Waals surface area contributed by atoms with Gasteiger partial charge in [0.05, 0.1) is 16.6 Å². The number of likely N-dealkylation sites (tertiary alicyclic amines) is 2. The van der Waals surface area contributed by atoms with Gasteiger partial charge < -0.3 is 20.6 Å². The molecule has 3 N–H and O–H groups in total. The lowest BCUT2D eigenvalue weighted by molar-refractivity contribution is -0.152. The smallest absolute Gasteiger partial charge is 0.258 e. The molecule has 2 aromatic rings. The molecule has 2 aromatic carbocycles. The van der Waals surface area contributed by atoms with E-state index in [1.165, 1.54) is 6.92 Å². The van der Waals surface area contributed by atoms with Gasteiger partial charge in [0, 0.05) is 49.5 Å². The lowest BCUT2D eigenvalue weighted by Gasteiger charge is -2.48. The minimum Gasteiger partial charge on any atom is -0.380 e. The second kappa shape index (κ2) is 10.2. The predicted octanol–water partition coefficient (Wildman–Crippen LogP) is 3.34. The van der Waals surface area contributed by atoms with Crippen molar-refractivity contribution in [2.45, 2.75) is 44.0 Å². The standard InChI is InChI=1S/C25H28Cl2N4O3.H2S/c1-25(34,16-3-2-4-17(26)10-16)24(33)30-7-5-20(6-8-30)31-13-19(14-31)29-18-9-15-12-28-23(32)22(15)21(27)11-18;/h2-4,9-11,19-20,29,34H,5-8,12-14H2,1H3,(H,28,32);1H2/t25-;/m0./s1. The molecule has 0 bridgehead atoms. The number of nitrogens with one attached hydrogen (secondary N) is 2. The largest absolute Gasteiger partial charge is 0.380 e. The van der Waals surface area contributed by atoms with Crippen LogP contribution in [0.5, 0.6) is 0 Å². The molecule has 1 atom stereocenters. The number of nitrogens with zero attached hydrogens (tertiary/aromatic N) is 2. The molecule has 188 valence electrons. The highest BCUT2D eigenvalue weighted by atomic mass is 35.5. The van der Waals surface area contributed by atoms with E-state index in [1.54, 1.807) is 29.2 Å². The molecule has 0 aromatic heterocycles. The summed E-state index contributed by atoms with van der Waals surface area (Å²) < 4.78 is 0. The van der Waals surface area contributed by atoms with E-state index in [-0.39, 0.29) is 25.3 Å². The Morgan fingerprint density at radius 3 is 2.57 bits per heavy atom. The van der Waals surface area contributed by atoms with E-state index in [0.29, 0.717) is 52.9 Å². The molecule has 0 radical (unpaired) electrons. The van der Waals surface area contributed by atoms with E-state index < -0.39 is 5.60 Å². The van der Waals surface area contributed by atoms with Crippen molar-refractivity contribution in [1.29, 1.82) is 0 Å². The van der Waals surface area contributed by atoms with Crippen LogP contribution in [0, 0.1) is 0 Å². The molecular formula is C25H30Cl2N4O3S. The number of anilines is 1. The first-order valence-corrected chi connectivity index (χ1v) is 12.4. The molecule has 0 saturated carbocycles. The Balaban J connectivity index is 0.00000289. The minimum absolute atomic E-state index is 0. The maximum Gasteiger partial charge on any atom is 0.258 e. The zero-order chi connectivity index (χ0) is 24.0. The van der Waals surface area contributed by atoms with Crippen molar-refractivity contribution < 1.29 is 14.7 Å². The Hall–Kier alpha value is -1.97. The minimum atomic E-state index is -1.60. The molecule has 3 heterocycles. The quantitative estimate of drug-likeness (QED) is 0.545. The molecule has 3 aliphatic rings. The van der Waals surface area contributed by atoms with Crippen LogP contribution in [-0.2, 0) is 16.9 Å². The van der Waals surface area contributed by atoms with Gasteiger partial charge in [-0.1, -0.05) is 35.3 Å². The number of rotatable bonds is 5. The number of fused-ring (bicyclic) bond motifs is 1. The first-order chi connectivity index (χ1) is 16.2. The SMILES string of the molecule is C[C@@](O)(C(=O)N1CCC(N2CC(Nc3cc(Cl)c4c(c3)CNC4=O)C2)CC1)c1cccc(Cl)c1.S. The number of hydrogen-bond donors (Lipinski definition) is 3.